The largest absolute Gasteiger partial charge is 0.317 e. The Kier molecular flexibility index (Phi) is 5.18. The fraction of sp³-hybridized carbons (Fsp3) is 0.0625. The zero-order chi connectivity index (χ0) is 24.6. The molecule has 2 aliphatic rings. The second-order valence-corrected chi connectivity index (χ2v) is 9.11. The van der Waals surface area contributed by atoms with E-state index in [-0.39, 0.29) is 12.1 Å². The molecular formula is C32H23N5. The average Bonchev–Trinajstić information content (AvgIpc) is 3.32. The minimum Gasteiger partial charge on any atom is -0.317 e. The Labute approximate surface area is 215 Å². The normalized spacial score (nSPS) is 17.5. The first-order valence-electron chi connectivity index (χ1n) is 12.4. The molecule has 0 fully saturated rings. The van der Waals surface area contributed by atoms with Gasteiger partial charge in [-0.3, -0.25) is 4.99 Å². The summed E-state index contributed by atoms with van der Waals surface area (Å²) in [6, 6.07) is 37.0. The van der Waals surface area contributed by atoms with Crippen LogP contribution in [0.1, 0.15) is 11.6 Å². The molecule has 3 aromatic heterocycles. The third-order valence-electron chi connectivity index (χ3n) is 6.85. The fourth-order valence-corrected chi connectivity index (χ4v) is 5.15. The smallest absolute Gasteiger partial charge is 0.134 e. The maximum absolute atomic E-state index is 5.07. The third-order valence-corrected chi connectivity index (χ3v) is 6.85. The summed E-state index contributed by atoms with van der Waals surface area (Å²) in [7, 11) is 0. The molecule has 2 aromatic carbocycles. The SMILES string of the molecule is C1=CC2C(N=C1)c1ccccc1N2c1cccc(-c2cccc(-c3cccc(-c4ccccc4)n3)n2)n1. The maximum atomic E-state index is 5.07. The van der Waals surface area contributed by atoms with E-state index in [2.05, 4.69) is 53.4 Å². The summed E-state index contributed by atoms with van der Waals surface area (Å²) in [6.07, 6.45) is 6.11. The van der Waals surface area contributed by atoms with E-state index in [0.29, 0.717) is 0 Å². The van der Waals surface area contributed by atoms with Gasteiger partial charge in [-0.15, -0.1) is 0 Å². The third kappa shape index (κ3) is 3.81. The van der Waals surface area contributed by atoms with Crippen LogP contribution in [0.2, 0.25) is 0 Å². The van der Waals surface area contributed by atoms with E-state index in [1.54, 1.807) is 0 Å². The monoisotopic (exact) mass is 477 g/mol. The van der Waals surface area contributed by atoms with E-state index in [0.717, 1.165) is 45.5 Å². The lowest BCUT2D eigenvalue weighted by molar-refractivity contribution is 0.663. The van der Waals surface area contributed by atoms with Gasteiger partial charge in [-0.1, -0.05) is 72.8 Å². The molecule has 37 heavy (non-hydrogen) atoms. The molecule has 0 N–H and O–H groups in total. The van der Waals surface area contributed by atoms with E-state index < -0.39 is 0 Å². The van der Waals surface area contributed by atoms with Gasteiger partial charge in [0.05, 0.1) is 34.5 Å². The molecule has 5 aromatic rings. The van der Waals surface area contributed by atoms with Crippen molar-refractivity contribution >= 4 is 17.7 Å². The van der Waals surface area contributed by atoms with Crippen LogP contribution in [-0.4, -0.2) is 27.2 Å². The van der Waals surface area contributed by atoms with E-state index in [1.165, 1.54) is 5.56 Å². The summed E-state index contributed by atoms with van der Waals surface area (Å²) >= 11 is 0. The Bertz CT molecular complexity index is 1660. The Balaban J connectivity index is 1.26. The van der Waals surface area contributed by atoms with E-state index in [1.807, 2.05) is 79.0 Å². The van der Waals surface area contributed by atoms with Crippen LogP contribution in [-0.2, 0) is 0 Å². The second-order valence-electron chi connectivity index (χ2n) is 9.11. The molecule has 0 saturated heterocycles. The van der Waals surface area contributed by atoms with Crippen LogP contribution in [0.4, 0.5) is 11.5 Å². The molecule has 5 heterocycles. The number of allylic oxidation sites excluding steroid dienone is 1. The summed E-state index contributed by atoms with van der Waals surface area (Å²) < 4.78 is 0. The summed E-state index contributed by atoms with van der Waals surface area (Å²) in [5.41, 5.74) is 7.67. The number of hydrogen-bond acceptors (Lipinski definition) is 5. The molecule has 0 spiro atoms. The van der Waals surface area contributed by atoms with Crippen molar-refractivity contribution < 1.29 is 0 Å². The van der Waals surface area contributed by atoms with Crippen molar-refractivity contribution in [2.75, 3.05) is 4.90 Å². The van der Waals surface area contributed by atoms with Crippen LogP contribution in [0.15, 0.2) is 126 Å². The van der Waals surface area contributed by atoms with Gasteiger partial charge in [0.1, 0.15) is 11.9 Å². The van der Waals surface area contributed by atoms with Crippen LogP contribution in [0.5, 0.6) is 0 Å². The highest BCUT2D eigenvalue weighted by molar-refractivity contribution is 5.79. The molecule has 0 saturated carbocycles. The van der Waals surface area contributed by atoms with Crippen LogP contribution in [0.25, 0.3) is 34.0 Å². The van der Waals surface area contributed by atoms with E-state index >= 15 is 0 Å². The van der Waals surface area contributed by atoms with Crippen LogP contribution >= 0.6 is 0 Å². The number of pyridine rings is 3. The summed E-state index contributed by atoms with van der Waals surface area (Å²) in [4.78, 5) is 22.0. The van der Waals surface area contributed by atoms with Crippen molar-refractivity contribution in [3.8, 4) is 34.0 Å². The Morgan fingerprint density at radius 3 is 1.95 bits per heavy atom. The Morgan fingerprint density at radius 1 is 0.541 bits per heavy atom. The van der Waals surface area contributed by atoms with Crippen molar-refractivity contribution in [3.05, 3.63) is 127 Å². The number of benzene rings is 2. The molecule has 0 aliphatic carbocycles. The summed E-state index contributed by atoms with van der Waals surface area (Å²) in [5, 5.41) is 0. The first kappa shape index (κ1) is 21.4. The first-order chi connectivity index (χ1) is 18.3. The number of anilines is 2. The number of para-hydroxylation sites is 1. The lowest BCUT2D eigenvalue weighted by atomic mass is 10.0. The van der Waals surface area contributed by atoms with Gasteiger partial charge in [0, 0.05) is 23.0 Å². The van der Waals surface area contributed by atoms with Crippen LogP contribution in [0, 0.1) is 0 Å². The van der Waals surface area contributed by atoms with Crippen molar-refractivity contribution in [2.24, 2.45) is 4.99 Å². The quantitative estimate of drug-likeness (QED) is 0.278. The van der Waals surface area contributed by atoms with Crippen molar-refractivity contribution in [1.82, 2.24) is 15.0 Å². The zero-order valence-corrected chi connectivity index (χ0v) is 20.0. The molecule has 176 valence electrons. The predicted octanol–water partition coefficient (Wildman–Crippen LogP) is 7.07. The van der Waals surface area contributed by atoms with Gasteiger partial charge >= 0.3 is 0 Å². The van der Waals surface area contributed by atoms with Gasteiger partial charge in [-0.2, -0.15) is 0 Å². The molecule has 7 rings (SSSR count). The highest BCUT2D eigenvalue weighted by Gasteiger charge is 2.38. The van der Waals surface area contributed by atoms with Gasteiger partial charge in [0.15, 0.2) is 0 Å². The highest BCUT2D eigenvalue weighted by Crippen LogP contribution is 2.46. The number of aromatic nitrogens is 3. The van der Waals surface area contributed by atoms with Crippen molar-refractivity contribution in [2.45, 2.75) is 12.1 Å². The predicted molar refractivity (Wildman–Crippen MR) is 149 cm³/mol. The molecule has 0 amide bonds. The van der Waals surface area contributed by atoms with E-state index in [9.17, 15) is 0 Å². The Morgan fingerprint density at radius 2 is 1.16 bits per heavy atom. The number of dihydropyridines is 1. The molecule has 2 unspecified atom stereocenters. The minimum absolute atomic E-state index is 0.0797. The van der Waals surface area contributed by atoms with Gasteiger partial charge in [0.2, 0.25) is 0 Å². The number of aliphatic imine (C=N–C) groups is 1. The van der Waals surface area contributed by atoms with E-state index in [4.69, 9.17) is 19.9 Å². The molecule has 5 heteroatoms. The standard InChI is InChI=1S/C32H23N5/c1-2-10-22(11-3-1)24-13-6-14-25(34-24)26-15-7-16-27(35-26)28-17-8-20-31(36-28)37-29-18-5-4-12-23(29)32-30(37)19-9-21-33-32/h1-21,30,32H. The highest BCUT2D eigenvalue weighted by atomic mass is 15.3. The number of hydrogen-bond donors (Lipinski definition) is 0. The summed E-state index contributed by atoms with van der Waals surface area (Å²) in [5.74, 6) is 0.885. The van der Waals surface area contributed by atoms with Gasteiger partial charge in [0.25, 0.3) is 0 Å². The van der Waals surface area contributed by atoms with Crippen LogP contribution in [0.3, 0.4) is 0 Å². The van der Waals surface area contributed by atoms with Gasteiger partial charge < -0.3 is 4.90 Å². The lowest BCUT2D eigenvalue weighted by Crippen LogP contribution is -2.29. The van der Waals surface area contributed by atoms with Crippen molar-refractivity contribution in [3.63, 3.8) is 0 Å². The van der Waals surface area contributed by atoms with Gasteiger partial charge in [-0.25, -0.2) is 15.0 Å². The number of fused-ring (bicyclic) bond motifs is 3. The number of nitrogens with zero attached hydrogens (tertiary/aromatic N) is 5. The number of rotatable bonds is 4. The minimum atomic E-state index is 0.0797. The first-order valence-corrected chi connectivity index (χ1v) is 12.4. The second kappa shape index (κ2) is 8.95. The topological polar surface area (TPSA) is 54.3 Å². The molecular weight excluding hydrogens is 454 g/mol. The van der Waals surface area contributed by atoms with Crippen LogP contribution < -0.4 is 4.90 Å². The lowest BCUT2D eigenvalue weighted by Gasteiger charge is -2.27. The summed E-state index contributed by atoms with van der Waals surface area (Å²) in [6.45, 7) is 0. The van der Waals surface area contributed by atoms with Crippen molar-refractivity contribution in [1.29, 1.82) is 0 Å². The molecule has 0 radical (unpaired) electrons. The molecule has 2 aliphatic heterocycles. The molecule has 2 atom stereocenters. The average molecular weight is 478 g/mol. The maximum Gasteiger partial charge on any atom is 0.134 e. The molecule has 5 nitrogen and oxygen atoms in total. The van der Waals surface area contributed by atoms with Gasteiger partial charge in [-0.05, 0) is 48.5 Å². The Hall–Kier alpha value is -4.90. The molecule has 0 bridgehead atoms. The zero-order valence-electron chi connectivity index (χ0n) is 20.0. The fourth-order valence-electron chi connectivity index (χ4n) is 5.15.